The topological polar surface area (TPSA) is 49.8 Å². The van der Waals surface area contributed by atoms with Gasteiger partial charge in [-0.1, -0.05) is 36.4 Å². The number of hydrogen-bond acceptors (Lipinski definition) is 3. The van der Waals surface area contributed by atoms with Gasteiger partial charge < -0.3 is 14.7 Å². The standard InChI is InChI=1S/C20H22FNO3/c21-18-9-5-4-6-16(18)10-11-19(23)22-13-12-20(24,14-22)15-25-17-7-2-1-3-8-17/h1-9,24H,10-15H2/t20-/m1/s1. The number of aliphatic hydroxyl groups is 1. The van der Waals surface area contributed by atoms with E-state index in [1.165, 1.54) is 6.07 Å². The maximum atomic E-state index is 13.6. The van der Waals surface area contributed by atoms with Crippen molar-refractivity contribution in [3.05, 3.63) is 66.0 Å². The lowest BCUT2D eigenvalue weighted by molar-refractivity contribution is -0.131. The smallest absolute Gasteiger partial charge is 0.223 e. The van der Waals surface area contributed by atoms with E-state index in [1.54, 1.807) is 23.1 Å². The Morgan fingerprint density at radius 3 is 2.64 bits per heavy atom. The average molecular weight is 343 g/mol. The van der Waals surface area contributed by atoms with Crippen LogP contribution in [-0.4, -0.2) is 41.2 Å². The van der Waals surface area contributed by atoms with Crippen molar-refractivity contribution in [2.24, 2.45) is 0 Å². The fourth-order valence-corrected chi connectivity index (χ4v) is 3.02. The number of carbonyl (C=O) groups is 1. The molecule has 25 heavy (non-hydrogen) atoms. The van der Waals surface area contributed by atoms with Gasteiger partial charge in [0.1, 0.15) is 23.8 Å². The minimum atomic E-state index is -1.04. The summed E-state index contributed by atoms with van der Waals surface area (Å²) in [6.45, 7) is 0.884. The number of ether oxygens (including phenoxy) is 1. The number of halogens is 1. The molecule has 0 radical (unpaired) electrons. The molecule has 5 heteroatoms. The summed E-state index contributed by atoms with van der Waals surface area (Å²) in [5.41, 5.74) is -0.499. The predicted molar refractivity (Wildman–Crippen MR) is 92.8 cm³/mol. The molecule has 1 amide bonds. The number of amides is 1. The molecular weight excluding hydrogens is 321 g/mol. The van der Waals surface area contributed by atoms with Gasteiger partial charge in [0.25, 0.3) is 0 Å². The summed E-state index contributed by atoms with van der Waals surface area (Å²) in [7, 11) is 0. The van der Waals surface area contributed by atoms with Gasteiger partial charge in [-0.3, -0.25) is 4.79 Å². The molecule has 0 spiro atoms. The quantitative estimate of drug-likeness (QED) is 0.877. The molecule has 4 nitrogen and oxygen atoms in total. The molecule has 1 N–H and O–H groups in total. The summed E-state index contributed by atoms with van der Waals surface area (Å²) >= 11 is 0. The van der Waals surface area contributed by atoms with Crippen molar-refractivity contribution in [3.63, 3.8) is 0 Å². The molecule has 2 aromatic rings. The van der Waals surface area contributed by atoms with Crippen LogP contribution in [0.5, 0.6) is 5.75 Å². The fourth-order valence-electron chi connectivity index (χ4n) is 3.02. The SMILES string of the molecule is O=C(CCc1ccccc1F)N1CC[C@](O)(COc2ccccc2)C1. The first-order valence-corrected chi connectivity index (χ1v) is 8.47. The Bertz CT molecular complexity index is 722. The summed E-state index contributed by atoms with van der Waals surface area (Å²) in [6, 6.07) is 15.8. The average Bonchev–Trinajstić information content (AvgIpc) is 3.03. The third kappa shape index (κ3) is 4.57. The second kappa shape index (κ2) is 7.66. The third-order valence-corrected chi connectivity index (χ3v) is 4.50. The number of rotatable bonds is 6. The first-order chi connectivity index (χ1) is 12.1. The number of aryl methyl sites for hydroxylation is 1. The van der Waals surface area contributed by atoms with Gasteiger partial charge in [0.2, 0.25) is 5.91 Å². The van der Waals surface area contributed by atoms with E-state index in [0.717, 1.165) is 0 Å². The summed E-state index contributed by atoms with van der Waals surface area (Å²) in [5, 5.41) is 10.6. The molecule has 0 saturated carbocycles. The molecule has 0 unspecified atom stereocenters. The van der Waals surface area contributed by atoms with Gasteiger partial charge in [-0.2, -0.15) is 0 Å². The molecule has 1 heterocycles. The normalized spacial score (nSPS) is 19.8. The van der Waals surface area contributed by atoms with Crippen molar-refractivity contribution >= 4 is 5.91 Å². The zero-order valence-electron chi connectivity index (χ0n) is 14.0. The molecular formula is C20H22FNO3. The Kier molecular flexibility index (Phi) is 5.34. The second-order valence-corrected chi connectivity index (χ2v) is 6.48. The van der Waals surface area contributed by atoms with Crippen LogP contribution < -0.4 is 4.74 Å². The highest BCUT2D eigenvalue weighted by Crippen LogP contribution is 2.24. The highest BCUT2D eigenvalue weighted by atomic mass is 19.1. The molecule has 1 aliphatic rings. The van der Waals surface area contributed by atoms with E-state index in [4.69, 9.17) is 4.74 Å². The highest BCUT2D eigenvalue weighted by Gasteiger charge is 2.38. The van der Waals surface area contributed by atoms with E-state index in [0.29, 0.717) is 30.7 Å². The van der Waals surface area contributed by atoms with Crippen molar-refractivity contribution < 1.29 is 19.0 Å². The predicted octanol–water partition coefficient (Wildman–Crippen LogP) is 2.80. The van der Waals surface area contributed by atoms with E-state index in [2.05, 4.69) is 0 Å². The van der Waals surface area contributed by atoms with Gasteiger partial charge in [-0.25, -0.2) is 4.39 Å². The summed E-state index contributed by atoms with van der Waals surface area (Å²) in [4.78, 5) is 14.0. The first kappa shape index (κ1) is 17.4. The van der Waals surface area contributed by atoms with Crippen LogP contribution in [0.15, 0.2) is 54.6 Å². The molecule has 1 aliphatic heterocycles. The van der Waals surface area contributed by atoms with E-state index in [-0.39, 0.29) is 31.3 Å². The molecule has 1 saturated heterocycles. The largest absolute Gasteiger partial charge is 0.491 e. The monoisotopic (exact) mass is 343 g/mol. The zero-order chi connectivity index (χ0) is 17.7. The lowest BCUT2D eigenvalue weighted by Crippen LogP contribution is -2.40. The molecule has 0 aliphatic carbocycles. The summed E-state index contributed by atoms with van der Waals surface area (Å²) in [6.07, 6.45) is 1.07. The summed E-state index contributed by atoms with van der Waals surface area (Å²) in [5.74, 6) is 0.337. The van der Waals surface area contributed by atoms with Crippen LogP contribution in [0.2, 0.25) is 0 Å². The van der Waals surface area contributed by atoms with Crippen LogP contribution in [0, 0.1) is 5.82 Å². The number of carbonyl (C=O) groups excluding carboxylic acids is 1. The van der Waals surface area contributed by atoms with E-state index in [1.807, 2.05) is 30.3 Å². The lowest BCUT2D eigenvalue weighted by Gasteiger charge is -2.23. The Balaban J connectivity index is 1.49. The Morgan fingerprint density at radius 2 is 1.88 bits per heavy atom. The van der Waals surface area contributed by atoms with Crippen LogP contribution >= 0.6 is 0 Å². The zero-order valence-corrected chi connectivity index (χ0v) is 14.0. The lowest BCUT2D eigenvalue weighted by atomic mass is 10.1. The minimum absolute atomic E-state index is 0.0705. The second-order valence-electron chi connectivity index (χ2n) is 6.48. The van der Waals surface area contributed by atoms with Crippen molar-refractivity contribution in [2.45, 2.75) is 24.9 Å². The molecule has 2 aromatic carbocycles. The van der Waals surface area contributed by atoms with Crippen molar-refractivity contribution in [3.8, 4) is 5.75 Å². The maximum absolute atomic E-state index is 13.6. The fraction of sp³-hybridized carbons (Fsp3) is 0.350. The number of likely N-dealkylation sites (tertiary alicyclic amines) is 1. The molecule has 0 aromatic heterocycles. The highest BCUT2D eigenvalue weighted by molar-refractivity contribution is 5.77. The minimum Gasteiger partial charge on any atom is -0.491 e. The van der Waals surface area contributed by atoms with Crippen molar-refractivity contribution in [1.82, 2.24) is 4.90 Å². The first-order valence-electron chi connectivity index (χ1n) is 8.47. The van der Waals surface area contributed by atoms with Gasteiger partial charge in [-0.15, -0.1) is 0 Å². The Hall–Kier alpha value is -2.40. The van der Waals surface area contributed by atoms with Crippen LogP contribution in [-0.2, 0) is 11.2 Å². The van der Waals surface area contributed by atoms with Crippen molar-refractivity contribution in [1.29, 1.82) is 0 Å². The van der Waals surface area contributed by atoms with Crippen LogP contribution in [0.1, 0.15) is 18.4 Å². The number of β-amino-alcohol motifs (C(OH)–C–C–N with tert-alkyl or cyclic N) is 1. The number of nitrogens with zero attached hydrogens (tertiary/aromatic N) is 1. The molecule has 0 bridgehead atoms. The van der Waals surface area contributed by atoms with Gasteiger partial charge in [0.05, 0.1) is 6.54 Å². The summed E-state index contributed by atoms with van der Waals surface area (Å²) < 4.78 is 19.2. The van der Waals surface area contributed by atoms with Crippen LogP contribution in [0.25, 0.3) is 0 Å². The molecule has 3 rings (SSSR count). The van der Waals surface area contributed by atoms with Crippen molar-refractivity contribution in [2.75, 3.05) is 19.7 Å². The number of para-hydroxylation sites is 1. The Morgan fingerprint density at radius 1 is 1.16 bits per heavy atom. The molecule has 1 atom stereocenters. The number of benzene rings is 2. The van der Waals surface area contributed by atoms with Gasteiger partial charge >= 0.3 is 0 Å². The third-order valence-electron chi connectivity index (χ3n) is 4.50. The van der Waals surface area contributed by atoms with Crippen LogP contribution in [0.3, 0.4) is 0 Å². The maximum Gasteiger partial charge on any atom is 0.223 e. The number of hydrogen-bond donors (Lipinski definition) is 1. The Labute approximate surface area is 146 Å². The van der Waals surface area contributed by atoms with Gasteiger partial charge in [-0.05, 0) is 36.6 Å². The van der Waals surface area contributed by atoms with Gasteiger partial charge in [0.15, 0.2) is 0 Å². The van der Waals surface area contributed by atoms with E-state index in [9.17, 15) is 14.3 Å². The van der Waals surface area contributed by atoms with E-state index >= 15 is 0 Å². The molecule has 1 fully saturated rings. The van der Waals surface area contributed by atoms with Crippen LogP contribution in [0.4, 0.5) is 4.39 Å². The van der Waals surface area contributed by atoms with Gasteiger partial charge in [0, 0.05) is 13.0 Å². The van der Waals surface area contributed by atoms with E-state index < -0.39 is 5.60 Å². The molecule has 132 valence electrons.